The van der Waals surface area contributed by atoms with Crippen LogP contribution in [0, 0.1) is 0 Å². The number of benzene rings is 3. The summed E-state index contributed by atoms with van der Waals surface area (Å²) in [5.74, 6) is 2.22. The number of ether oxygens (including phenoxy) is 1. The van der Waals surface area contributed by atoms with Gasteiger partial charge in [0.05, 0.1) is 0 Å². The van der Waals surface area contributed by atoms with E-state index >= 15 is 0 Å². The van der Waals surface area contributed by atoms with Gasteiger partial charge >= 0.3 is 0 Å². The summed E-state index contributed by atoms with van der Waals surface area (Å²) in [5.41, 5.74) is 12.2. The smallest absolute Gasteiger partial charge is 0.255 e. The molecule has 6 aliphatic heterocycles. The monoisotopic (exact) mass is 531 g/mol. The predicted octanol–water partition coefficient (Wildman–Crippen LogP) is 6.35. The van der Waals surface area contributed by atoms with Crippen LogP contribution < -0.4 is 14.5 Å². The molecule has 1 spiro atoms. The Morgan fingerprint density at radius 3 is 1.80 bits per heavy atom. The van der Waals surface area contributed by atoms with E-state index in [4.69, 9.17) is 4.74 Å². The highest BCUT2D eigenvalue weighted by Crippen LogP contribution is 2.63. The van der Waals surface area contributed by atoms with E-state index in [2.05, 4.69) is 52.8 Å². The third-order valence-corrected chi connectivity index (χ3v) is 10.6. The first-order valence-electron chi connectivity index (χ1n) is 15.6. The minimum atomic E-state index is -0.679. The van der Waals surface area contributed by atoms with Crippen molar-refractivity contribution < 1.29 is 9.53 Å². The summed E-state index contributed by atoms with van der Waals surface area (Å²) in [7, 11) is 0. The third kappa shape index (κ3) is 2.72. The fourth-order valence-electron chi connectivity index (χ4n) is 9.25. The Bertz CT molecular complexity index is 1540. The number of aryl methyl sites for hydroxylation is 2. The van der Waals surface area contributed by atoms with Crippen molar-refractivity contribution in [2.24, 2.45) is 0 Å². The molecule has 0 aliphatic carbocycles. The molecular weight excluding hydrogens is 494 g/mol. The molecule has 3 aromatic carbocycles. The SMILES string of the molecule is CC(C)N1C(=O)c2ccccc2C12c1cc3c4c(c1Oc1c2cc2c5c1CCCN5CCC2)CCCN4CCC3. The van der Waals surface area contributed by atoms with Gasteiger partial charge in [-0.25, -0.2) is 0 Å². The number of hydrogen-bond donors (Lipinski definition) is 0. The van der Waals surface area contributed by atoms with Gasteiger partial charge in [0.2, 0.25) is 0 Å². The molecule has 5 nitrogen and oxygen atoms in total. The van der Waals surface area contributed by atoms with Gasteiger partial charge in [-0.15, -0.1) is 0 Å². The van der Waals surface area contributed by atoms with Crippen LogP contribution in [0.15, 0.2) is 36.4 Å². The van der Waals surface area contributed by atoms with E-state index in [0.29, 0.717) is 0 Å². The summed E-state index contributed by atoms with van der Waals surface area (Å²) in [5, 5.41) is 0. The molecule has 6 heterocycles. The molecule has 3 aromatic rings. The first kappa shape index (κ1) is 23.3. The standard InChI is InChI=1S/C35H37N3O2/c1-21(2)38-34(39)24-11-3-4-14-27(24)35(38)28-19-22-9-5-15-36-17-7-12-25(30(22)36)32(28)40-33-26-13-8-18-37-16-6-10-23(31(26)37)20-29(33)35/h3-4,11,14,19-21H,5-10,12-13,15-18H2,1-2H3. The average molecular weight is 532 g/mol. The molecule has 9 rings (SSSR count). The summed E-state index contributed by atoms with van der Waals surface area (Å²) in [4.78, 5) is 21.8. The second kappa shape index (κ2) is 8.05. The van der Waals surface area contributed by atoms with Gasteiger partial charge in [-0.05, 0) is 100 Å². The van der Waals surface area contributed by atoms with Gasteiger partial charge in [0, 0.05) is 71.4 Å². The summed E-state index contributed by atoms with van der Waals surface area (Å²) in [6.45, 7) is 8.91. The fraction of sp³-hybridized carbons (Fsp3) is 0.457. The van der Waals surface area contributed by atoms with E-state index < -0.39 is 5.54 Å². The maximum absolute atomic E-state index is 14.4. The van der Waals surface area contributed by atoms with E-state index in [0.717, 1.165) is 87.3 Å². The van der Waals surface area contributed by atoms with Gasteiger partial charge in [-0.2, -0.15) is 0 Å². The molecular formula is C35H37N3O2. The maximum atomic E-state index is 14.4. The van der Waals surface area contributed by atoms with Crippen molar-refractivity contribution in [3.63, 3.8) is 0 Å². The number of anilines is 2. The zero-order valence-electron chi connectivity index (χ0n) is 23.7. The van der Waals surface area contributed by atoms with Crippen LogP contribution in [0.4, 0.5) is 11.4 Å². The minimum Gasteiger partial charge on any atom is -0.456 e. The number of hydrogen-bond acceptors (Lipinski definition) is 4. The second-order valence-electron chi connectivity index (χ2n) is 13.0. The summed E-state index contributed by atoms with van der Waals surface area (Å²) in [6, 6.07) is 13.4. The average Bonchev–Trinajstić information content (AvgIpc) is 3.24. The van der Waals surface area contributed by atoms with Crippen molar-refractivity contribution in [2.45, 2.75) is 76.8 Å². The lowest BCUT2D eigenvalue weighted by Gasteiger charge is -2.50. The normalized spacial score (nSPS) is 21.1. The van der Waals surface area contributed by atoms with Crippen molar-refractivity contribution in [1.82, 2.24) is 4.90 Å². The highest BCUT2D eigenvalue weighted by atomic mass is 16.5. The van der Waals surface area contributed by atoms with Crippen LogP contribution in [0.5, 0.6) is 11.5 Å². The summed E-state index contributed by atoms with van der Waals surface area (Å²) in [6.07, 6.45) is 8.95. The molecule has 0 saturated carbocycles. The summed E-state index contributed by atoms with van der Waals surface area (Å²) < 4.78 is 7.29. The van der Waals surface area contributed by atoms with Gasteiger partial charge in [0.25, 0.3) is 5.91 Å². The van der Waals surface area contributed by atoms with Gasteiger partial charge in [-0.1, -0.05) is 18.2 Å². The topological polar surface area (TPSA) is 36.0 Å². The van der Waals surface area contributed by atoms with Crippen molar-refractivity contribution in [1.29, 1.82) is 0 Å². The van der Waals surface area contributed by atoms with E-state index in [-0.39, 0.29) is 11.9 Å². The molecule has 204 valence electrons. The Balaban J connectivity index is 1.45. The number of fused-ring (bicyclic) bond motifs is 8. The van der Waals surface area contributed by atoms with Crippen LogP contribution in [0.1, 0.15) is 88.8 Å². The number of carbonyl (C=O) groups is 1. The first-order chi connectivity index (χ1) is 19.6. The molecule has 0 atom stereocenters. The van der Waals surface area contributed by atoms with Crippen LogP contribution in [-0.4, -0.2) is 43.0 Å². The highest BCUT2D eigenvalue weighted by molar-refractivity contribution is 6.03. The molecule has 0 radical (unpaired) electrons. The molecule has 40 heavy (non-hydrogen) atoms. The first-order valence-corrected chi connectivity index (χ1v) is 15.6. The maximum Gasteiger partial charge on any atom is 0.255 e. The van der Waals surface area contributed by atoms with Crippen LogP contribution in [0.3, 0.4) is 0 Å². The van der Waals surface area contributed by atoms with E-state index in [9.17, 15) is 4.79 Å². The quantitative estimate of drug-likeness (QED) is 0.367. The number of amides is 1. The van der Waals surface area contributed by atoms with Gasteiger partial charge in [0.15, 0.2) is 0 Å². The van der Waals surface area contributed by atoms with Crippen LogP contribution in [0.2, 0.25) is 0 Å². The number of carbonyl (C=O) groups excluding carboxylic acids is 1. The van der Waals surface area contributed by atoms with Crippen molar-refractivity contribution in [3.05, 3.63) is 80.9 Å². The largest absolute Gasteiger partial charge is 0.456 e. The second-order valence-corrected chi connectivity index (χ2v) is 13.0. The lowest BCUT2D eigenvalue weighted by molar-refractivity contribution is 0.0584. The molecule has 0 N–H and O–H groups in total. The van der Waals surface area contributed by atoms with Crippen molar-refractivity contribution in [2.75, 3.05) is 36.0 Å². The van der Waals surface area contributed by atoms with E-state index in [1.165, 1.54) is 57.6 Å². The Kier molecular flexibility index (Phi) is 4.68. The van der Waals surface area contributed by atoms with Crippen LogP contribution in [-0.2, 0) is 31.2 Å². The lowest BCUT2D eigenvalue weighted by atomic mass is 9.70. The molecule has 0 fully saturated rings. The Morgan fingerprint density at radius 1 is 0.725 bits per heavy atom. The lowest BCUT2D eigenvalue weighted by Crippen LogP contribution is -2.51. The Hall–Kier alpha value is -3.47. The molecule has 5 heteroatoms. The van der Waals surface area contributed by atoms with Crippen molar-refractivity contribution in [3.8, 4) is 11.5 Å². The fourth-order valence-corrected chi connectivity index (χ4v) is 9.25. The van der Waals surface area contributed by atoms with E-state index in [1.807, 2.05) is 12.1 Å². The van der Waals surface area contributed by atoms with E-state index in [1.54, 1.807) is 0 Å². The zero-order valence-corrected chi connectivity index (χ0v) is 23.7. The molecule has 0 unspecified atom stereocenters. The zero-order chi connectivity index (χ0) is 26.7. The van der Waals surface area contributed by atoms with Gasteiger partial charge in [0.1, 0.15) is 17.0 Å². The number of rotatable bonds is 1. The van der Waals surface area contributed by atoms with Gasteiger partial charge < -0.3 is 19.4 Å². The molecule has 1 amide bonds. The Labute approximate surface area is 236 Å². The Morgan fingerprint density at radius 2 is 1.25 bits per heavy atom. The minimum absolute atomic E-state index is 0.0338. The van der Waals surface area contributed by atoms with Gasteiger partial charge in [-0.3, -0.25) is 4.79 Å². The highest BCUT2D eigenvalue weighted by Gasteiger charge is 2.58. The predicted molar refractivity (Wildman–Crippen MR) is 158 cm³/mol. The summed E-state index contributed by atoms with van der Waals surface area (Å²) >= 11 is 0. The molecule has 0 aromatic heterocycles. The molecule has 0 bridgehead atoms. The van der Waals surface area contributed by atoms with Crippen LogP contribution >= 0.6 is 0 Å². The third-order valence-electron chi connectivity index (χ3n) is 10.6. The van der Waals surface area contributed by atoms with Crippen molar-refractivity contribution >= 4 is 17.3 Å². The van der Waals surface area contributed by atoms with Crippen LogP contribution in [0.25, 0.3) is 0 Å². The molecule has 6 aliphatic rings. The number of nitrogens with zero attached hydrogens (tertiary/aromatic N) is 3. The molecule has 0 saturated heterocycles.